The molecule has 2 unspecified atom stereocenters. The Morgan fingerprint density at radius 2 is 2.26 bits per heavy atom. The Bertz CT molecular complexity index is 541. The number of carboxylic acid groups (broad SMARTS) is 1. The number of anilines is 1. The molecule has 2 fully saturated rings. The van der Waals surface area contributed by atoms with Gasteiger partial charge < -0.3 is 10.0 Å². The fourth-order valence-electron chi connectivity index (χ4n) is 3.29. The Morgan fingerprint density at radius 3 is 2.89 bits per heavy atom. The molecule has 1 saturated carbocycles. The topological polar surface area (TPSA) is 40.5 Å². The van der Waals surface area contributed by atoms with Crippen molar-refractivity contribution in [1.82, 2.24) is 0 Å². The summed E-state index contributed by atoms with van der Waals surface area (Å²) in [6.45, 7) is 1.07. The Balaban J connectivity index is 1.94. The molecule has 1 aromatic rings. The van der Waals surface area contributed by atoms with Crippen LogP contribution in [0.25, 0.3) is 6.08 Å². The number of carbonyl (C=O) groups is 1. The van der Waals surface area contributed by atoms with Crippen molar-refractivity contribution in [3.8, 4) is 0 Å². The second-order valence-electron chi connectivity index (χ2n) is 5.36. The van der Waals surface area contributed by atoms with Crippen LogP contribution in [0.5, 0.6) is 0 Å². The fourth-order valence-corrected chi connectivity index (χ4v) is 3.45. The van der Waals surface area contributed by atoms with Crippen LogP contribution in [-0.2, 0) is 4.79 Å². The summed E-state index contributed by atoms with van der Waals surface area (Å²) >= 11 is 6.09. The van der Waals surface area contributed by atoms with E-state index in [2.05, 4.69) is 4.90 Å². The Labute approximate surface area is 117 Å². The maximum Gasteiger partial charge on any atom is 0.328 e. The number of halogens is 1. The minimum Gasteiger partial charge on any atom is -0.478 e. The maximum absolute atomic E-state index is 10.7. The van der Waals surface area contributed by atoms with Gasteiger partial charge >= 0.3 is 5.97 Å². The van der Waals surface area contributed by atoms with Crippen LogP contribution in [0.3, 0.4) is 0 Å². The highest BCUT2D eigenvalue weighted by Gasteiger charge is 2.38. The molecule has 1 N–H and O–H groups in total. The number of aliphatic carboxylic acids is 1. The predicted molar refractivity (Wildman–Crippen MR) is 76.6 cm³/mol. The molecule has 0 aromatic heterocycles. The van der Waals surface area contributed by atoms with Crippen molar-refractivity contribution in [1.29, 1.82) is 0 Å². The van der Waals surface area contributed by atoms with Gasteiger partial charge in [0.2, 0.25) is 0 Å². The van der Waals surface area contributed by atoms with E-state index in [-0.39, 0.29) is 0 Å². The molecule has 1 heterocycles. The van der Waals surface area contributed by atoms with Gasteiger partial charge in [0.15, 0.2) is 0 Å². The summed E-state index contributed by atoms with van der Waals surface area (Å²) in [5, 5.41) is 9.46. The third kappa shape index (κ3) is 2.47. The SMILES string of the molecule is O=C(O)/C=C/c1ccc(Cl)cc1N1CC2CCC1C2. The van der Waals surface area contributed by atoms with E-state index in [0.717, 1.165) is 23.7 Å². The predicted octanol–water partition coefficient (Wildman–Crippen LogP) is 3.43. The Hall–Kier alpha value is -1.48. The molecule has 3 rings (SSSR count). The van der Waals surface area contributed by atoms with Crippen LogP contribution >= 0.6 is 11.6 Å². The minimum absolute atomic E-state index is 0.598. The number of hydrogen-bond donors (Lipinski definition) is 1. The van der Waals surface area contributed by atoms with Gasteiger partial charge in [0, 0.05) is 29.4 Å². The number of piperidine rings is 1. The highest BCUT2D eigenvalue weighted by Crippen LogP contribution is 2.42. The standard InChI is InChI=1S/C15H16ClNO2/c16-12-4-2-11(3-6-15(18)19)14(8-12)17-9-10-1-5-13(17)7-10/h2-4,6,8,10,13H,1,5,7,9H2,(H,18,19)/b6-3+. The normalized spacial score (nSPS) is 25.4. The molecule has 2 aliphatic rings. The zero-order chi connectivity index (χ0) is 13.4. The van der Waals surface area contributed by atoms with Crippen LogP contribution in [0.15, 0.2) is 24.3 Å². The summed E-state index contributed by atoms with van der Waals surface area (Å²) in [5.74, 6) is -0.135. The zero-order valence-corrected chi connectivity index (χ0v) is 11.3. The van der Waals surface area contributed by atoms with Gasteiger partial charge in [-0.15, -0.1) is 0 Å². The van der Waals surface area contributed by atoms with Gasteiger partial charge in [0.05, 0.1) is 0 Å². The van der Waals surface area contributed by atoms with E-state index in [9.17, 15) is 4.79 Å². The van der Waals surface area contributed by atoms with E-state index in [1.54, 1.807) is 12.1 Å². The molecule has 3 nitrogen and oxygen atoms in total. The van der Waals surface area contributed by atoms with Gasteiger partial charge in [-0.25, -0.2) is 4.79 Å². The lowest BCUT2D eigenvalue weighted by Gasteiger charge is -2.30. The number of nitrogens with zero attached hydrogens (tertiary/aromatic N) is 1. The smallest absolute Gasteiger partial charge is 0.328 e. The van der Waals surface area contributed by atoms with Crippen LogP contribution in [-0.4, -0.2) is 23.7 Å². The average molecular weight is 278 g/mol. The largest absolute Gasteiger partial charge is 0.478 e. The molecule has 2 atom stereocenters. The van der Waals surface area contributed by atoms with Gasteiger partial charge in [0.25, 0.3) is 0 Å². The monoisotopic (exact) mass is 277 g/mol. The van der Waals surface area contributed by atoms with Crippen LogP contribution in [0.1, 0.15) is 24.8 Å². The fraction of sp³-hybridized carbons (Fsp3) is 0.400. The first-order valence-corrected chi connectivity index (χ1v) is 6.98. The number of fused-ring (bicyclic) bond motifs is 2. The average Bonchev–Trinajstić information content (AvgIpc) is 2.99. The molecule has 1 saturated heterocycles. The van der Waals surface area contributed by atoms with Gasteiger partial charge in [-0.2, -0.15) is 0 Å². The van der Waals surface area contributed by atoms with Crippen molar-refractivity contribution in [3.05, 3.63) is 34.9 Å². The third-order valence-electron chi connectivity index (χ3n) is 4.12. The van der Waals surface area contributed by atoms with Crippen LogP contribution in [0, 0.1) is 5.92 Å². The van der Waals surface area contributed by atoms with Crippen LogP contribution in [0.4, 0.5) is 5.69 Å². The van der Waals surface area contributed by atoms with Crippen molar-refractivity contribution >= 4 is 29.3 Å². The molecule has 0 radical (unpaired) electrons. The molecule has 2 bridgehead atoms. The van der Waals surface area contributed by atoms with Crippen LogP contribution < -0.4 is 4.90 Å². The van der Waals surface area contributed by atoms with Gasteiger partial charge in [-0.05, 0) is 49.0 Å². The molecule has 0 spiro atoms. The molecule has 4 heteroatoms. The van der Waals surface area contributed by atoms with E-state index < -0.39 is 5.97 Å². The molecule has 1 aliphatic carbocycles. The van der Waals surface area contributed by atoms with Gasteiger partial charge in [-0.1, -0.05) is 17.7 Å². The van der Waals surface area contributed by atoms with E-state index in [1.165, 1.54) is 25.3 Å². The second-order valence-corrected chi connectivity index (χ2v) is 5.80. The molecule has 1 aromatic carbocycles. The minimum atomic E-state index is -0.927. The molecule has 1 aliphatic heterocycles. The van der Waals surface area contributed by atoms with E-state index >= 15 is 0 Å². The lowest BCUT2D eigenvalue weighted by atomic mass is 10.1. The van der Waals surface area contributed by atoms with Crippen molar-refractivity contribution in [3.63, 3.8) is 0 Å². The van der Waals surface area contributed by atoms with E-state index in [1.807, 2.05) is 12.1 Å². The zero-order valence-electron chi connectivity index (χ0n) is 10.6. The quantitative estimate of drug-likeness (QED) is 0.861. The molecular weight excluding hydrogens is 262 g/mol. The van der Waals surface area contributed by atoms with Crippen molar-refractivity contribution in [2.45, 2.75) is 25.3 Å². The second kappa shape index (κ2) is 4.89. The van der Waals surface area contributed by atoms with Crippen molar-refractivity contribution in [2.75, 3.05) is 11.4 Å². The molecule has 19 heavy (non-hydrogen) atoms. The summed E-state index contributed by atoms with van der Waals surface area (Å²) in [7, 11) is 0. The Kier molecular flexibility index (Phi) is 3.23. The van der Waals surface area contributed by atoms with Crippen molar-refractivity contribution < 1.29 is 9.90 Å². The number of rotatable bonds is 3. The lowest BCUT2D eigenvalue weighted by Crippen LogP contribution is -2.32. The third-order valence-corrected chi connectivity index (χ3v) is 4.35. The highest BCUT2D eigenvalue weighted by molar-refractivity contribution is 6.31. The summed E-state index contributed by atoms with van der Waals surface area (Å²) in [5.41, 5.74) is 2.00. The first-order chi connectivity index (χ1) is 9.13. The summed E-state index contributed by atoms with van der Waals surface area (Å²) in [6, 6.07) is 6.24. The summed E-state index contributed by atoms with van der Waals surface area (Å²) in [6.07, 6.45) is 6.65. The van der Waals surface area contributed by atoms with Crippen LogP contribution in [0.2, 0.25) is 5.02 Å². The molecule has 100 valence electrons. The van der Waals surface area contributed by atoms with E-state index in [0.29, 0.717) is 11.1 Å². The summed E-state index contributed by atoms with van der Waals surface area (Å²) in [4.78, 5) is 13.1. The summed E-state index contributed by atoms with van der Waals surface area (Å²) < 4.78 is 0. The lowest BCUT2D eigenvalue weighted by molar-refractivity contribution is -0.131. The van der Waals surface area contributed by atoms with Gasteiger partial charge in [0.1, 0.15) is 0 Å². The van der Waals surface area contributed by atoms with Gasteiger partial charge in [-0.3, -0.25) is 0 Å². The molecular formula is C15H16ClNO2. The number of hydrogen-bond acceptors (Lipinski definition) is 2. The highest BCUT2D eigenvalue weighted by atomic mass is 35.5. The molecule has 0 amide bonds. The first-order valence-electron chi connectivity index (χ1n) is 6.60. The Morgan fingerprint density at radius 1 is 1.42 bits per heavy atom. The first kappa shape index (κ1) is 12.5. The number of carboxylic acids is 1. The number of benzene rings is 1. The van der Waals surface area contributed by atoms with E-state index in [4.69, 9.17) is 16.7 Å². The van der Waals surface area contributed by atoms with Crippen molar-refractivity contribution in [2.24, 2.45) is 5.92 Å². The maximum atomic E-state index is 10.7.